The molecule has 106 valence electrons. The van der Waals surface area contributed by atoms with Crippen LogP contribution in [0.5, 0.6) is 0 Å². The smallest absolute Gasteiger partial charge is 0.223 e. The van der Waals surface area contributed by atoms with Gasteiger partial charge in [-0.05, 0) is 19.3 Å². The van der Waals surface area contributed by atoms with Crippen LogP contribution in [0.4, 0.5) is 0 Å². The third-order valence-electron chi connectivity index (χ3n) is 3.80. The molecule has 0 fully saturated rings. The largest absolute Gasteiger partial charge is 0.369 e. The Bertz CT molecular complexity index is 640. The van der Waals surface area contributed by atoms with Gasteiger partial charge < -0.3 is 5.73 Å². The van der Waals surface area contributed by atoms with Crippen LogP contribution in [0.1, 0.15) is 36.7 Å². The number of fused-ring (bicyclic) bond motifs is 3. The van der Waals surface area contributed by atoms with E-state index in [1.54, 1.807) is 0 Å². The van der Waals surface area contributed by atoms with E-state index in [1.807, 2.05) is 10.9 Å². The zero-order chi connectivity index (χ0) is 14.1. The zero-order valence-electron chi connectivity index (χ0n) is 11.6. The maximum absolute atomic E-state index is 11.2. The Labute approximate surface area is 117 Å². The predicted octanol–water partition coefficient (Wildman–Crippen LogP) is 1.20. The van der Waals surface area contributed by atoms with Crippen molar-refractivity contribution in [1.29, 1.82) is 0 Å². The molecule has 0 atom stereocenters. The molecule has 2 aromatic heterocycles. The van der Waals surface area contributed by atoms with Gasteiger partial charge in [-0.2, -0.15) is 10.2 Å². The van der Waals surface area contributed by atoms with E-state index in [1.165, 1.54) is 0 Å². The third-order valence-corrected chi connectivity index (χ3v) is 3.80. The molecule has 0 saturated heterocycles. The number of aromatic amines is 1. The van der Waals surface area contributed by atoms with Gasteiger partial charge in [0.05, 0.1) is 24.0 Å². The van der Waals surface area contributed by atoms with E-state index < -0.39 is 0 Å². The first-order chi connectivity index (χ1) is 9.70. The Morgan fingerprint density at radius 3 is 3.10 bits per heavy atom. The van der Waals surface area contributed by atoms with Crippen LogP contribution in [0.3, 0.4) is 0 Å². The van der Waals surface area contributed by atoms with Gasteiger partial charge in [-0.25, -0.2) is 0 Å². The lowest BCUT2D eigenvalue weighted by Gasteiger charge is -2.14. The lowest BCUT2D eigenvalue weighted by molar-refractivity contribution is -0.117. The van der Waals surface area contributed by atoms with Crippen molar-refractivity contribution >= 4 is 5.91 Å². The van der Waals surface area contributed by atoms with Crippen LogP contribution in [0.25, 0.3) is 11.3 Å². The summed E-state index contributed by atoms with van der Waals surface area (Å²) in [6.07, 6.45) is 6.04. The Hall–Kier alpha value is -2.11. The first-order valence-corrected chi connectivity index (χ1v) is 7.10. The molecule has 0 bridgehead atoms. The maximum Gasteiger partial charge on any atom is 0.223 e. The molecule has 0 saturated carbocycles. The number of H-pyrrole nitrogens is 1. The Morgan fingerprint density at radius 1 is 1.50 bits per heavy atom. The number of hydrogen-bond donors (Lipinski definition) is 2. The summed E-state index contributed by atoms with van der Waals surface area (Å²) in [6.45, 7) is 3.02. The third kappa shape index (κ3) is 2.11. The van der Waals surface area contributed by atoms with Crippen molar-refractivity contribution in [2.24, 2.45) is 5.73 Å². The van der Waals surface area contributed by atoms with Crippen LogP contribution in [-0.2, 0) is 30.6 Å². The topological polar surface area (TPSA) is 89.6 Å². The fourth-order valence-electron chi connectivity index (χ4n) is 2.85. The monoisotopic (exact) mass is 273 g/mol. The van der Waals surface area contributed by atoms with Crippen LogP contribution >= 0.6 is 0 Å². The zero-order valence-corrected chi connectivity index (χ0v) is 11.6. The number of primary amides is 1. The average Bonchev–Trinajstić information content (AvgIpc) is 3.00. The summed E-state index contributed by atoms with van der Waals surface area (Å²) in [6, 6.07) is 0. The first kappa shape index (κ1) is 12.9. The van der Waals surface area contributed by atoms with E-state index >= 15 is 0 Å². The van der Waals surface area contributed by atoms with Crippen molar-refractivity contribution in [3.05, 3.63) is 23.1 Å². The summed E-state index contributed by atoms with van der Waals surface area (Å²) in [7, 11) is 0. The quantitative estimate of drug-likeness (QED) is 0.857. The highest BCUT2D eigenvalue weighted by Crippen LogP contribution is 2.34. The van der Waals surface area contributed by atoms with Crippen molar-refractivity contribution in [2.45, 2.75) is 45.6 Å². The van der Waals surface area contributed by atoms with Gasteiger partial charge in [-0.3, -0.25) is 14.6 Å². The van der Waals surface area contributed by atoms with Crippen LogP contribution < -0.4 is 5.73 Å². The van der Waals surface area contributed by atoms with Crippen molar-refractivity contribution in [2.75, 3.05) is 0 Å². The number of nitrogens with zero attached hydrogens (tertiary/aromatic N) is 3. The molecule has 1 aliphatic rings. The van der Waals surface area contributed by atoms with Gasteiger partial charge in [0, 0.05) is 23.4 Å². The number of hydrogen-bond acceptors (Lipinski definition) is 3. The standard InChI is InChI=1S/C14H19N5O/c1-2-3-6-19-14-9(12(18-19)7-13(15)20)4-5-11-10(14)8-16-17-11/h8H,2-7H2,1H3,(H2,15,20)(H,16,17). The molecule has 2 aromatic rings. The highest BCUT2D eigenvalue weighted by Gasteiger charge is 2.26. The van der Waals surface area contributed by atoms with E-state index in [9.17, 15) is 4.79 Å². The van der Waals surface area contributed by atoms with Crippen LogP contribution in [-0.4, -0.2) is 25.9 Å². The normalized spacial score (nSPS) is 13.1. The van der Waals surface area contributed by atoms with Crippen LogP contribution in [0.2, 0.25) is 0 Å². The summed E-state index contributed by atoms with van der Waals surface area (Å²) in [4.78, 5) is 11.2. The Balaban J connectivity index is 2.08. The average molecular weight is 273 g/mol. The summed E-state index contributed by atoms with van der Waals surface area (Å²) >= 11 is 0. The predicted molar refractivity (Wildman–Crippen MR) is 75.0 cm³/mol. The number of nitrogens with two attached hydrogens (primary N) is 1. The van der Waals surface area contributed by atoms with Crippen LogP contribution in [0.15, 0.2) is 6.20 Å². The van der Waals surface area contributed by atoms with E-state index in [0.717, 1.165) is 60.4 Å². The lowest BCUT2D eigenvalue weighted by Crippen LogP contribution is -2.15. The van der Waals surface area contributed by atoms with Gasteiger partial charge in [0.2, 0.25) is 5.91 Å². The number of carbonyl (C=O) groups is 1. The fraction of sp³-hybridized carbons (Fsp3) is 0.500. The number of carbonyl (C=O) groups excluding carboxylic acids is 1. The molecular formula is C14H19N5O. The van der Waals surface area contributed by atoms with Crippen molar-refractivity contribution in [1.82, 2.24) is 20.0 Å². The molecule has 0 unspecified atom stereocenters. The summed E-state index contributed by atoms with van der Waals surface area (Å²) in [5.41, 5.74) is 10.7. The van der Waals surface area contributed by atoms with Crippen molar-refractivity contribution in [3.8, 4) is 11.3 Å². The number of aryl methyl sites for hydroxylation is 2. The number of rotatable bonds is 5. The molecule has 0 radical (unpaired) electrons. The molecule has 3 N–H and O–H groups in total. The minimum Gasteiger partial charge on any atom is -0.369 e. The molecule has 0 spiro atoms. The first-order valence-electron chi connectivity index (χ1n) is 7.10. The molecule has 6 heteroatoms. The second kappa shape index (κ2) is 5.11. The molecule has 2 heterocycles. The van der Waals surface area contributed by atoms with Crippen LogP contribution in [0, 0.1) is 0 Å². The summed E-state index contributed by atoms with van der Waals surface area (Å²) in [5.74, 6) is -0.328. The molecule has 0 aromatic carbocycles. The maximum atomic E-state index is 11.2. The van der Waals surface area contributed by atoms with Gasteiger partial charge in [-0.1, -0.05) is 13.3 Å². The molecule has 20 heavy (non-hydrogen) atoms. The SMILES string of the molecule is CCCCn1nc(CC(N)=O)c2c1-c1cn[nH]c1CC2. The molecule has 6 nitrogen and oxygen atoms in total. The molecule has 1 aliphatic carbocycles. The lowest BCUT2D eigenvalue weighted by atomic mass is 9.93. The number of nitrogens with one attached hydrogen (secondary N) is 1. The number of amides is 1. The van der Waals surface area contributed by atoms with Gasteiger partial charge in [0.1, 0.15) is 0 Å². The van der Waals surface area contributed by atoms with E-state index in [2.05, 4.69) is 22.2 Å². The Kier molecular flexibility index (Phi) is 3.30. The second-order valence-corrected chi connectivity index (χ2v) is 5.26. The molecule has 1 amide bonds. The second-order valence-electron chi connectivity index (χ2n) is 5.26. The number of aromatic nitrogens is 4. The Morgan fingerprint density at radius 2 is 2.35 bits per heavy atom. The van der Waals surface area contributed by atoms with Gasteiger partial charge >= 0.3 is 0 Å². The van der Waals surface area contributed by atoms with Crippen molar-refractivity contribution < 1.29 is 4.79 Å². The minimum atomic E-state index is -0.328. The fourth-order valence-corrected chi connectivity index (χ4v) is 2.85. The van der Waals surface area contributed by atoms with E-state index in [-0.39, 0.29) is 12.3 Å². The van der Waals surface area contributed by atoms with Crippen molar-refractivity contribution in [3.63, 3.8) is 0 Å². The summed E-state index contributed by atoms with van der Waals surface area (Å²) in [5, 5.41) is 11.8. The van der Waals surface area contributed by atoms with Gasteiger partial charge in [0.15, 0.2) is 0 Å². The van der Waals surface area contributed by atoms with Gasteiger partial charge in [-0.15, -0.1) is 0 Å². The highest BCUT2D eigenvalue weighted by atomic mass is 16.1. The number of unbranched alkanes of at least 4 members (excludes halogenated alkanes) is 1. The highest BCUT2D eigenvalue weighted by molar-refractivity contribution is 5.78. The van der Waals surface area contributed by atoms with E-state index in [0.29, 0.717) is 0 Å². The molecule has 0 aliphatic heterocycles. The molecular weight excluding hydrogens is 254 g/mol. The molecule has 3 rings (SSSR count). The minimum absolute atomic E-state index is 0.217. The van der Waals surface area contributed by atoms with E-state index in [4.69, 9.17) is 5.73 Å². The van der Waals surface area contributed by atoms with Gasteiger partial charge in [0.25, 0.3) is 0 Å². The summed E-state index contributed by atoms with van der Waals surface area (Å²) < 4.78 is 2.02.